The number of para-hydroxylation sites is 4. The maximum Gasteiger partial charge on any atom is 0.329 e. The van der Waals surface area contributed by atoms with Crippen LogP contribution in [0.3, 0.4) is 0 Å². The highest BCUT2D eigenvalue weighted by molar-refractivity contribution is 5.81. The minimum Gasteiger partial charge on any atom is -0.353 e. The normalized spacial score (nSPS) is 11.4. The van der Waals surface area contributed by atoms with Crippen LogP contribution in [0, 0.1) is 6.92 Å². The average Bonchev–Trinajstić information content (AvgIpc) is 3.16. The Kier molecular flexibility index (Phi) is 4.73. The Hall–Kier alpha value is -3.35. The lowest BCUT2D eigenvalue weighted by molar-refractivity contribution is -0.121. The average molecular weight is 377 g/mol. The fourth-order valence-electron chi connectivity index (χ4n) is 3.72. The van der Waals surface area contributed by atoms with Crippen LogP contribution in [0.2, 0.25) is 0 Å². The summed E-state index contributed by atoms with van der Waals surface area (Å²) in [5, 5.41) is 2.92. The van der Waals surface area contributed by atoms with E-state index in [1.807, 2.05) is 62.4 Å². The number of aromatic nitrogens is 4. The van der Waals surface area contributed by atoms with Gasteiger partial charge in [0.05, 0.1) is 22.1 Å². The quantitative estimate of drug-likeness (QED) is 0.560. The van der Waals surface area contributed by atoms with Crippen LogP contribution in [0.4, 0.5) is 0 Å². The second-order valence-corrected chi connectivity index (χ2v) is 6.75. The lowest BCUT2D eigenvalue weighted by atomic mass is 10.3. The molecule has 7 nitrogen and oxygen atoms in total. The molecule has 4 aromatic rings. The van der Waals surface area contributed by atoms with Crippen molar-refractivity contribution in [3.63, 3.8) is 0 Å². The highest BCUT2D eigenvalue weighted by Gasteiger charge is 2.14. The zero-order valence-electron chi connectivity index (χ0n) is 16.1. The molecule has 0 atom stereocenters. The number of carbonyl (C=O) groups excluding carboxylic acids is 1. The van der Waals surface area contributed by atoms with Crippen LogP contribution in [0.1, 0.15) is 12.7 Å². The molecule has 1 N–H and O–H groups in total. The van der Waals surface area contributed by atoms with Crippen molar-refractivity contribution >= 4 is 28.0 Å². The summed E-state index contributed by atoms with van der Waals surface area (Å²) in [6.45, 7) is 5.57. The number of nitrogens with zero attached hydrogens (tertiary/aromatic N) is 4. The van der Waals surface area contributed by atoms with Crippen LogP contribution in [0.25, 0.3) is 22.1 Å². The van der Waals surface area contributed by atoms with Gasteiger partial charge in [-0.05, 0) is 38.1 Å². The van der Waals surface area contributed by atoms with Gasteiger partial charge in [-0.3, -0.25) is 13.9 Å². The van der Waals surface area contributed by atoms with Gasteiger partial charge in [0.1, 0.15) is 12.4 Å². The maximum atomic E-state index is 12.6. The number of carbonyl (C=O) groups is 1. The summed E-state index contributed by atoms with van der Waals surface area (Å²) in [6, 6.07) is 15.5. The molecule has 2 heterocycles. The number of nitrogens with one attached hydrogen (secondary N) is 1. The fraction of sp³-hybridized carbons (Fsp3) is 0.286. The standard InChI is InChI=1S/C21H23N5O2/c1-3-24-18-10-6-7-11-19(18)26(21(24)28)14-20(27)22-12-13-25-15(2)23-16-8-4-5-9-17(16)25/h4-11H,3,12-14H2,1-2H3,(H,22,27). The number of fused-ring (bicyclic) bond motifs is 2. The van der Waals surface area contributed by atoms with E-state index < -0.39 is 0 Å². The van der Waals surface area contributed by atoms with Crippen molar-refractivity contribution in [3.8, 4) is 0 Å². The monoisotopic (exact) mass is 377 g/mol. The highest BCUT2D eigenvalue weighted by Crippen LogP contribution is 2.15. The van der Waals surface area contributed by atoms with Crippen molar-refractivity contribution in [1.29, 1.82) is 0 Å². The zero-order chi connectivity index (χ0) is 19.7. The number of rotatable bonds is 6. The van der Waals surface area contributed by atoms with E-state index in [0.717, 1.165) is 27.9 Å². The Morgan fingerprint density at radius 2 is 1.61 bits per heavy atom. The maximum absolute atomic E-state index is 12.6. The molecule has 0 unspecified atom stereocenters. The minimum atomic E-state index is -0.178. The number of aryl methyl sites for hydroxylation is 2. The number of imidazole rings is 2. The molecule has 2 aromatic carbocycles. The lowest BCUT2D eigenvalue weighted by Crippen LogP contribution is -2.34. The van der Waals surface area contributed by atoms with Crippen LogP contribution in [0.15, 0.2) is 53.3 Å². The van der Waals surface area contributed by atoms with Crippen LogP contribution >= 0.6 is 0 Å². The summed E-state index contributed by atoms with van der Waals surface area (Å²) in [4.78, 5) is 29.7. The molecule has 0 saturated heterocycles. The summed E-state index contributed by atoms with van der Waals surface area (Å²) in [5.74, 6) is 0.737. The smallest absolute Gasteiger partial charge is 0.329 e. The van der Waals surface area contributed by atoms with Crippen LogP contribution in [0.5, 0.6) is 0 Å². The number of amides is 1. The summed E-state index contributed by atoms with van der Waals surface area (Å²) < 4.78 is 5.31. The van der Waals surface area contributed by atoms with Crippen molar-refractivity contribution in [2.24, 2.45) is 0 Å². The first-order chi connectivity index (χ1) is 13.6. The van der Waals surface area contributed by atoms with Crippen molar-refractivity contribution in [2.75, 3.05) is 6.54 Å². The van der Waals surface area contributed by atoms with E-state index in [0.29, 0.717) is 19.6 Å². The van der Waals surface area contributed by atoms with Crippen molar-refractivity contribution in [3.05, 3.63) is 64.8 Å². The largest absolute Gasteiger partial charge is 0.353 e. The van der Waals surface area contributed by atoms with Gasteiger partial charge in [-0.25, -0.2) is 9.78 Å². The molecule has 0 saturated carbocycles. The molecular weight excluding hydrogens is 354 g/mol. The number of hydrogen-bond acceptors (Lipinski definition) is 3. The van der Waals surface area contributed by atoms with E-state index in [1.54, 1.807) is 4.57 Å². The van der Waals surface area contributed by atoms with Gasteiger partial charge in [0.25, 0.3) is 0 Å². The zero-order valence-corrected chi connectivity index (χ0v) is 16.1. The molecule has 0 aliphatic carbocycles. The van der Waals surface area contributed by atoms with Crippen molar-refractivity contribution in [2.45, 2.75) is 33.5 Å². The van der Waals surface area contributed by atoms with E-state index in [4.69, 9.17) is 0 Å². The lowest BCUT2D eigenvalue weighted by Gasteiger charge is -2.09. The SMILES string of the molecule is CCn1c(=O)n(CC(=O)NCCn2c(C)nc3ccccc32)c2ccccc21. The van der Waals surface area contributed by atoms with Crippen molar-refractivity contribution < 1.29 is 4.79 Å². The predicted octanol–water partition coefficient (Wildman–Crippen LogP) is 2.30. The predicted molar refractivity (Wildman–Crippen MR) is 109 cm³/mol. The second kappa shape index (κ2) is 7.34. The third-order valence-corrected chi connectivity index (χ3v) is 5.05. The summed E-state index contributed by atoms with van der Waals surface area (Å²) in [5.41, 5.74) is 3.47. The molecule has 0 radical (unpaired) electrons. The summed E-state index contributed by atoms with van der Waals surface area (Å²) in [6.07, 6.45) is 0. The van der Waals surface area contributed by atoms with Crippen LogP contribution < -0.4 is 11.0 Å². The van der Waals surface area contributed by atoms with Gasteiger partial charge in [-0.2, -0.15) is 0 Å². The van der Waals surface area contributed by atoms with E-state index in [1.165, 1.54) is 4.57 Å². The third-order valence-electron chi connectivity index (χ3n) is 5.05. The molecule has 0 fully saturated rings. The molecule has 0 aliphatic heterocycles. The topological polar surface area (TPSA) is 73.8 Å². The molecule has 1 amide bonds. The molecule has 28 heavy (non-hydrogen) atoms. The summed E-state index contributed by atoms with van der Waals surface area (Å²) in [7, 11) is 0. The van der Waals surface area contributed by atoms with Gasteiger partial charge in [-0.15, -0.1) is 0 Å². The number of hydrogen-bond donors (Lipinski definition) is 1. The Morgan fingerprint density at radius 1 is 0.964 bits per heavy atom. The van der Waals surface area contributed by atoms with Gasteiger partial charge in [0, 0.05) is 19.6 Å². The highest BCUT2D eigenvalue weighted by atomic mass is 16.2. The number of benzene rings is 2. The molecule has 4 rings (SSSR count). The molecule has 0 spiro atoms. The van der Waals surface area contributed by atoms with Gasteiger partial charge in [0.2, 0.25) is 5.91 Å². The third kappa shape index (κ3) is 3.09. The van der Waals surface area contributed by atoms with Gasteiger partial charge in [-0.1, -0.05) is 24.3 Å². The Bertz CT molecular complexity index is 1210. The fourth-order valence-corrected chi connectivity index (χ4v) is 3.72. The molecule has 144 valence electrons. The molecule has 2 aromatic heterocycles. The second-order valence-electron chi connectivity index (χ2n) is 6.75. The Balaban J connectivity index is 1.47. The van der Waals surface area contributed by atoms with Gasteiger partial charge >= 0.3 is 5.69 Å². The molecule has 7 heteroatoms. The van der Waals surface area contributed by atoms with Crippen LogP contribution in [-0.4, -0.2) is 31.1 Å². The van der Waals surface area contributed by atoms with E-state index in [9.17, 15) is 9.59 Å². The Morgan fingerprint density at radius 3 is 2.32 bits per heavy atom. The minimum absolute atomic E-state index is 0.00993. The molecule has 0 bridgehead atoms. The first-order valence-corrected chi connectivity index (χ1v) is 9.46. The van der Waals surface area contributed by atoms with E-state index in [-0.39, 0.29) is 18.1 Å². The van der Waals surface area contributed by atoms with Gasteiger partial charge < -0.3 is 9.88 Å². The van der Waals surface area contributed by atoms with Gasteiger partial charge in [0.15, 0.2) is 0 Å². The van der Waals surface area contributed by atoms with Crippen LogP contribution in [-0.2, 0) is 24.4 Å². The first kappa shape index (κ1) is 18.0. The summed E-state index contributed by atoms with van der Waals surface area (Å²) >= 11 is 0. The van der Waals surface area contributed by atoms with E-state index >= 15 is 0 Å². The van der Waals surface area contributed by atoms with E-state index in [2.05, 4.69) is 14.9 Å². The molecule has 0 aliphatic rings. The van der Waals surface area contributed by atoms with Crippen molar-refractivity contribution in [1.82, 2.24) is 24.0 Å². The first-order valence-electron chi connectivity index (χ1n) is 9.46. The molecular formula is C21H23N5O2. The Labute approximate surface area is 162 Å².